The molecule has 0 aliphatic carbocycles. The number of hydrogen-bond acceptors (Lipinski definition) is 4. The van der Waals surface area contributed by atoms with Gasteiger partial charge in [0.1, 0.15) is 11.5 Å². The summed E-state index contributed by atoms with van der Waals surface area (Å²) in [7, 11) is -2.23. The third-order valence-electron chi connectivity index (χ3n) is 3.66. The number of furan rings is 1. The molecule has 0 bridgehead atoms. The van der Waals surface area contributed by atoms with Crippen molar-refractivity contribution in [3.8, 4) is 11.5 Å². The van der Waals surface area contributed by atoms with Crippen LogP contribution in [-0.2, 0) is 29.8 Å². The maximum absolute atomic E-state index is 12.5. The topological polar surface area (TPSA) is 77.1 Å². The van der Waals surface area contributed by atoms with Crippen LogP contribution in [0, 0.1) is 0 Å². The molecule has 0 spiro atoms. The Bertz CT molecular complexity index is 1010. The number of hydrogen-bond donors (Lipinski definition) is 1. The number of alkyl halides is 3. The molecule has 2 heterocycles. The molecular weight excluding hydrogens is 371 g/mol. The SMILES string of the molecule is Cn1nccc1-c1ccc(CNS(=O)(=O)c2ccc(C(F)(F)F)cc2)o1. The van der Waals surface area contributed by atoms with E-state index in [1.807, 2.05) is 0 Å². The molecule has 2 aromatic heterocycles. The largest absolute Gasteiger partial charge is 0.458 e. The minimum atomic E-state index is -4.52. The molecule has 6 nitrogen and oxygen atoms in total. The van der Waals surface area contributed by atoms with E-state index in [9.17, 15) is 21.6 Å². The highest BCUT2D eigenvalue weighted by Crippen LogP contribution is 2.29. The Balaban J connectivity index is 1.71. The third-order valence-corrected chi connectivity index (χ3v) is 5.08. The first-order chi connectivity index (χ1) is 12.2. The lowest BCUT2D eigenvalue weighted by Gasteiger charge is -2.09. The van der Waals surface area contributed by atoms with Crippen LogP contribution in [0.4, 0.5) is 13.2 Å². The van der Waals surface area contributed by atoms with Crippen molar-refractivity contribution in [1.29, 1.82) is 0 Å². The molecule has 0 unspecified atom stereocenters. The predicted molar refractivity (Wildman–Crippen MR) is 86.4 cm³/mol. The highest BCUT2D eigenvalue weighted by atomic mass is 32.2. The molecule has 0 aliphatic heterocycles. The Morgan fingerprint density at radius 3 is 2.38 bits per heavy atom. The summed E-state index contributed by atoms with van der Waals surface area (Å²) in [5.41, 5.74) is -0.190. The zero-order chi connectivity index (χ0) is 18.9. The van der Waals surface area contributed by atoms with Crippen molar-refractivity contribution in [3.63, 3.8) is 0 Å². The molecule has 0 saturated heterocycles. The summed E-state index contributed by atoms with van der Waals surface area (Å²) in [6.45, 7) is -0.138. The normalized spacial score (nSPS) is 12.5. The minimum Gasteiger partial charge on any atom is -0.458 e. The summed E-state index contributed by atoms with van der Waals surface area (Å²) < 4.78 is 71.5. The first-order valence-electron chi connectivity index (χ1n) is 7.41. The zero-order valence-corrected chi connectivity index (χ0v) is 14.3. The van der Waals surface area contributed by atoms with Crippen molar-refractivity contribution in [1.82, 2.24) is 14.5 Å². The number of nitrogens with one attached hydrogen (secondary N) is 1. The van der Waals surface area contributed by atoms with E-state index in [1.54, 1.807) is 36.1 Å². The molecule has 138 valence electrons. The Morgan fingerprint density at radius 1 is 1.12 bits per heavy atom. The van der Waals surface area contributed by atoms with E-state index in [4.69, 9.17) is 4.42 Å². The zero-order valence-electron chi connectivity index (χ0n) is 13.5. The standard InChI is InChI=1S/C16H14F3N3O3S/c1-22-14(8-9-20-22)15-7-4-12(25-15)10-21-26(23,24)13-5-2-11(3-6-13)16(17,18)19/h2-9,21H,10H2,1H3. The molecule has 1 aromatic carbocycles. The predicted octanol–water partition coefficient (Wildman–Crippen LogP) is 3.18. The van der Waals surface area contributed by atoms with E-state index >= 15 is 0 Å². The van der Waals surface area contributed by atoms with Crippen molar-refractivity contribution in [2.75, 3.05) is 0 Å². The van der Waals surface area contributed by atoms with Crippen LogP contribution in [0.25, 0.3) is 11.5 Å². The van der Waals surface area contributed by atoms with Gasteiger partial charge >= 0.3 is 6.18 Å². The van der Waals surface area contributed by atoms with Crippen molar-refractivity contribution < 1.29 is 26.0 Å². The lowest BCUT2D eigenvalue weighted by Crippen LogP contribution is -2.23. The monoisotopic (exact) mass is 385 g/mol. The number of sulfonamides is 1. The summed E-state index contributed by atoms with van der Waals surface area (Å²) in [6.07, 6.45) is -2.92. The average Bonchev–Trinajstić information content (AvgIpc) is 3.21. The van der Waals surface area contributed by atoms with Gasteiger partial charge < -0.3 is 4.42 Å². The molecule has 0 fully saturated rings. The van der Waals surface area contributed by atoms with Crippen LogP contribution in [0.5, 0.6) is 0 Å². The number of rotatable bonds is 5. The second kappa shape index (κ2) is 6.61. The van der Waals surface area contributed by atoms with E-state index in [-0.39, 0.29) is 11.4 Å². The van der Waals surface area contributed by atoms with Gasteiger partial charge in [-0.05, 0) is 42.5 Å². The van der Waals surface area contributed by atoms with Gasteiger partial charge in [0.05, 0.1) is 17.0 Å². The average molecular weight is 385 g/mol. The van der Waals surface area contributed by atoms with Crippen LogP contribution in [0.1, 0.15) is 11.3 Å². The van der Waals surface area contributed by atoms with Gasteiger partial charge in [-0.1, -0.05) is 0 Å². The molecule has 0 radical (unpaired) electrons. The van der Waals surface area contributed by atoms with Crippen LogP contribution < -0.4 is 4.72 Å². The molecule has 1 N–H and O–H groups in total. The number of benzene rings is 1. The van der Waals surface area contributed by atoms with Crippen LogP contribution in [-0.4, -0.2) is 18.2 Å². The third kappa shape index (κ3) is 3.81. The number of aryl methyl sites for hydroxylation is 1. The summed E-state index contributed by atoms with van der Waals surface area (Å²) in [4.78, 5) is -0.260. The van der Waals surface area contributed by atoms with Gasteiger partial charge in [-0.2, -0.15) is 18.3 Å². The lowest BCUT2D eigenvalue weighted by atomic mass is 10.2. The van der Waals surface area contributed by atoms with E-state index < -0.39 is 21.8 Å². The van der Waals surface area contributed by atoms with Crippen LogP contribution in [0.2, 0.25) is 0 Å². The second-order valence-corrected chi connectivity index (χ2v) is 7.22. The molecule has 3 rings (SSSR count). The lowest BCUT2D eigenvalue weighted by molar-refractivity contribution is -0.137. The Labute approximate surface area is 147 Å². The summed E-state index contributed by atoms with van der Waals surface area (Å²) >= 11 is 0. The first-order valence-corrected chi connectivity index (χ1v) is 8.89. The smallest absolute Gasteiger partial charge is 0.416 e. The quantitative estimate of drug-likeness (QED) is 0.732. The molecule has 0 saturated carbocycles. The maximum Gasteiger partial charge on any atom is 0.416 e. The highest BCUT2D eigenvalue weighted by molar-refractivity contribution is 7.89. The second-order valence-electron chi connectivity index (χ2n) is 5.45. The summed E-state index contributed by atoms with van der Waals surface area (Å²) in [5.74, 6) is 0.880. The highest BCUT2D eigenvalue weighted by Gasteiger charge is 2.30. The van der Waals surface area contributed by atoms with Crippen molar-refractivity contribution in [3.05, 3.63) is 60.0 Å². The molecule has 0 amide bonds. The van der Waals surface area contributed by atoms with Crippen LogP contribution in [0.3, 0.4) is 0 Å². The first kappa shape index (κ1) is 18.2. The number of halogens is 3. The minimum absolute atomic E-state index is 0.138. The molecular formula is C16H14F3N3O3S. The maximum atomic E-state index is 12.5. The Kier molecular flexibility index (Phi) is 4.63. The molecule has 10 heteroatoms. The van der Waals surface area contributed by atoms with Crippen molar-refractivity contribution >= 4 is 10.0 Å². The van der Waals surface area contributed by atoms with Gasteiger partial charge in [0.25, 0.3) is 0 Å². The van der Waals surface area contributed by atoms with E-state index in [0.717, 1.165) is 30.0 Å². The van der Waals surface area contributed by atoms with Gasteiger partial charge in [-0.15, -0.1) is 0 Å². The van der Waals surface area contributed by atoms with Crippen LogP contribution >= 0.6 is 0 Å². The molecule has 0 atom stereocenters. The fourth-order valence-corrected chi connectivity index (χ4v) is 3.29. The molecule has 3 aromatic rings. The van der Waals surface area contributed by atoms with Gasteiger partial charge in [-0.25, -0.2) is 13.1 Å². The number of aromatic nitrogens is 2. The van der Waals surface area contributed by atoms with Crippen LogP contribution in [0.15, 0.2) is 58.0 Å². The van der Waals surface area contributed by atoms with Gasteiger partial charge in [0.2, 0.25) is 10.0 Å². The summed E-state index contributed by atoms with van der Waals surface area (Å²) in [5, 5.41) is 4.02. The van der Waals surface area contributed by atoms with Gasteiger partial charge in [0.15, 0.2) is 5.76 Å². The Hall–Kier alpha value is -2.59. The van der Waals surface area contributed by atoms with Gasteiger partial charge in [-0.3, -0.25) is 4.68 Å². The van der Waals surface area contributed by atoms with E-state index in [1.165, 1.54) is 0 Å². The van der Waals surface area contributed by atoms with E-state index in [0.29, 0.717) is 11.5 Å². The van der Waals surface area contributed by atoms with Crippen molar-refractivity contribution in [2.24, 2.45) is 7.05 Å². The molecule has 26 heavy (non-hydrogen) atoms. The van der Waals surface area contributed by atoms with E-state index in [2.05, 4.69) is 9.82 Å². The molecule has 0 aliphatic rings. The fourth-order valence-electron chi connectivity index (χ4n) is 2.30. The van der Waals surface area contributed by atoms with Gasteiger partial charge in [0, 0.05) is 13.2 Å². The van der Waals surface area contributed by atoms with Crippen molar-refractivity contribution in [2.45, 2.75) is 17.6 Å². The fraction of sp³-hybridized carbons (Fsp3) is 0.188. The Morgan fingerprint density at radius 2 is 1.81 bits per heavy atom. The summed E-state index contributed by atoms with van der Waals surface area (Å²) in [6, 6.07) is 8.30. The number of nitrogens with zero attached hydrogens (tertiary/aromatic N) is 2.